The van der Waals surface area contributed by atoms with E-state index in [1.807, 2.05) is 0 Å². The number of benzene rings is 9. The molecule has 9 aromatic rings. The van der Waals surface area contributed by atoms with Gasteiger partial charge in [0.1, 0.15) is 0 Å². The van der Waals surface area contributed by atoms with Crippen LogP contribution in [0.4, 0.5) is 22.7 Å². The minimum Gasteiger partial charge on any atom is -0.338 e. The summed E-state index contributed by atoms with van der Waals surface area (Å²) in [7, 11) is 0. The van der Waals surface area contributed by atoms with Crippen molar-refractivity contribution >= 4 is 44.3 Å². The molecular weight excluding hydrogens is 857 g/mol. The van der Waals surface area contributed by atoms with E-state index < -0.39 is 0 Å². The van der Waals surface area contributed by atoms with Crippen molar-refractivity contribution in [2.45, 2.75) is 71.3 Å². The molecule has 0 radical (unpaired) electrons. The van der Waals surface area contributed by atoms with E-state index in [4.69, 9.17) is 0 Å². The Hall–Kier alpha value is -7.94. The molecule has 0 heterocycles. The molecule has 348 valence electrons. The highest BCUT2D eigenvalue weighted by Crippen LogP contribution is 2.48. The van der Waals surface area contributed by atoms with Crippen LogP contribution in [0.5, 0.6) is 0 Å². The van der Waals surface area contributed by atoms with Gasteiger partial charge in [-0.25, -0.2) is 0 Å². The summed E-state index contributed by atoms with van der Waals surface area (Å²) in [6.07, 6.45) is 18.9. The molecule has 0 spiro atoms. The molecule has 0 saturated carbocycles. The summed E-state index contributed by atoms with van der Waals surface area (Å²) in [5.41, 5.74) is 18.3. The van der Waals surface area contributed by atoms with E-state index in [9.17, 15) is 0 Å². The maximum atomic E-state index is 2.60. The van der Waals surface area contributed by atoms with Crippen LogP contribution in [-0.4, -0.2) is 6.04 Å². The van der Waals surface area contributed by atoms with Gasteiger partial charge >= 0.3 is 0 Å². The van der Waals surface area contributed by atoms with Crippen molar-refractivity contribution in [3.8, 4) is 44.5 Å². The van der Waals surface area contributed by atoms with Crippen molar-refractivity contribution in [1.82, 2.24) is 0 Å². The van der Waals surface area contributed by atoms with Crippen molar-refractivity contribution in [3.05, 3.63) is 253 Å². The molecule has 2 aliphatic rings. The highest BCUT2D eigenvalue weighted by atomic mass is 15.2. The number of hydrogen-bond donors (Lipinski definition) is 0. The average Bonchev–Trinajstić information content (AvgIpc) is 3.41. The fraction of sp³-hybridized carbons (Fsp3) is 0.159. The van der Waals surface area contributed by atoms with Gasteiger partial charge in [0.2, 0.25) is 0 Å². The third-order valence-corrected chi connectivity index (χ3v) is 14.6. The number of fused-ring (bicyclic) bond motifs is 2. The van der Waals surface area contributed by atoms with Crippen LogP contribution in [-0.2, 0) is 5.41 Å². The molecule has 2 aliphatic carbocycles. The lowest BCUT2D eigenvalue weighted by Crippen LogP contribution is -2.34. The summed E-state index contributed by atoms with van der Waals surface area (Å²) in [6.45, 7) is 11.4. The minimum atomic E-state index is 0.0401. The Kier molecular flexibility index (Phi) is 12.5. The number of hydrogen-bond acceptors (Lipinski definition) is 2. The summed E-state index contributed by atoms with van der Waals surface area (Å²) in [6, 6.07) is 73.1. The standard InChI is InChI=1S/C69H62N2/c1-48(2)49-34-38-59(39-35-49)71(60-40-36-56(37-41-60)69(3,4)5)62-43-45-64-66(47-62)68(55-32-28-53(29-33-55)51-20-12-7-13-21-51)63-44-42-61(70(57-22-14-8-15-23-57)58-24-16-9-17-25-58)46-65(63)67(64)54-30-26-52(27-31-54)50-18-10-6-11-19-50/h6-16,18-22,24,26-48,57H,17,23,25H2,1-5H3. The topological polar surface area (TPSA) is 6.48 Å². The third kappa shape index (κ3) is 9.19. The molecule has 0 fully saturated rings. The lowest BCUT2D eigenvalue weighted by molar-refractivity contribution is 0.590. The molecule has 0 aromatic heterocycles. The number of nitrogens with zero attached hydrogens (tertiary/aromatic N) is 2. The van der Waals surface area contributed by atoms with E-state index in [2.05, 4.69) is 281 Å². The van der Waals surface area contributed by atoms with Crippen LogP contribution in [0, 0.1) is 0 Å². The normalized spacial score (nSPS) is 14.6. The van der Waals surface area contributed by atoms with Crippen molar-refractivity contribution in [3.63, 3.8) is 0 Å². The lowest BCUT2D eigenvalue weighted by atomic mass is 9.84. The molecule has 9 aromatic carbocycles. The first-order valence-corrected chi connectivity index (χ1v) is 25.5. The van der Waals surface area contributed by atoms with Gasteiger partial charge in [-0.3, -0.25) is 0 Å². The van der Waals surface area contributed by atoms with Crippen molar-refractivity contribution in [2.75, 3.05) is 9.80 Å². The second-order valence-corrected chi connectivity index (χ2v) is 20.6. The summed E-state index contributed by atoms with van der Waals surface area (Å²) >= 11 is 0. The number of allylic oxidation sites excluding steroid dienone is 6. The molecule has 0 aliphatic heterocycles. The predicted octanol–water partition coefficient (Wildman–Crippen LogP) is 19.5. The second-order valence-electron chi connectivity index (χ2n) is 20.6. The van der Waals surface area contributed by atoms with E-state index in [1.54, 1.807) is 0 Å². The monoisotopic (exact) mass is 918 g/mol. The van der Waals surface area contributed by atoms with Crippen molar-refractivity contribution < 1.29 is 0 Å². The molecule has 0 amide bonds. The van der Waals surface area contributed by atoms with Crippen LogP contribution in [0.15, 0.2) is 242 Å². The highest BCUT2D eigenvalue weighted by molar-refractivity contribution is 6.22. The summed E-state index contributed by atoms with van der Waals surface area (Å²) in [4.78, 5) is 5.04. The fourth-order valence-electron chi connectivity index (χ4n) is 10.7. The first-order valence-electron chi connectivity index (χ1n) is 25.5. The zero-order valence-corrected chi connectivity index (χ0v) is 41.7. The number of rotatable bonds is 11. The Morgan fingerprint density at radius 1 is 0.451 bits per heavy atom. The first-order chi connectivity index (χ1) is 34.7. The van der Waals surface area contributed by atoms with E-state index in [0.29, 0.717) is 5.92 Å². The SMILES string of the molecule is CC(C)c1ccc(N(c2ccc(C(C)(C)C)cc2)c2ccc3c(-c4ccc(-c5ccccc5)cc4)c4cc(N(C5=CC=CCC5)C5C=CC=CC5)ccc4c(-c4ccc(-c5ccccc5)cc4)c3c2)cc1. The van der Waals surface area contributed by atoms with Crippen molar-refractivity contribution in [2.24, 2.45) is 0 Å². The van der Waals surface area contributed by atoms with Gasteiger partial charge in [0.25, 0.3) is 0 Å². The molecule has 2 heteroatoms. The van der Waals surface area contributed by atoms with E-state index in [1.165, 1.54) is 88.6 Å². The van der Waals surface area contributed by atoms with Gasteiger partial charge in [-0.1, -0.05) is 217 Å². The Balaban J connectivity index is 1.19. The summed E-state index contributed by atoms with van der Waals surface area (Å²) in [5.74, 6) is 0.438. The maximum absolute atomic E-state index is 2.60. The van der Waals surface area contributed by atoms with Gasteiger partial charge in [0, 0.05) is 28.4 Å². The largest absolute Gasteiger partial charge is 0.338 e. The van der Waals surface area contributed by atoms with Crippen molar-refractivity contribution in [1.29, 1.82) is 0 Å². The summed E-state index contributed by atoms with van der Waals surface area (Å²) < 4.78 is 0. The first kappa shape index (κ1) is 45.5. The second kappa shape index (κ2) is 19.5. The van der Waals surface area contributed by atoms with Gasteiger partial charge < -0.3 is 9.80 Å². The minimum absolute atomic E-state index is 0.0401. The molecule has 0 bridgehead atoms. The Labute approximate surface area is 421 Å². The molecule has 11 rings (SSSR count). The van der Waals surface area contributed by atoms with Gasteiger partial charge in [-0.15, -0.1) is 0 Å². The van der Waals surface area contributed by atoms with Crippen LogP contribution < -0.4 is 9.80 Å². The molecule has 0 N–H and O–H groups in total. The highest BCUT2D eigenvalue weighted by Gasteiger charge is 2.25. The van der Waals surface area contributed by atoms with Gasteiger partial charge in [0.15, 0.2) is 0 Å². The van der Waals surface area contributed by atoms with Crippen LogP contribution in [0.3, 0.4) is 0 Å². The van der Waals surface area contributed by atoms with E-state index >= 15 is 0 Å². The zero-order chi connectivity index (χ0) is 48.5. The quantitative estimate of drug-likeness (QED) is 0.119. The smallest absolute Gasteiger partial charge is 0.0556 e. The van der Waals surface area contributed by atoms with Gasteiger partial charge in [-0.2, -0.15) is 0 Å². The lowest BCUT2D eigenvalue weighted by Gasteiger charge is -2.35. The zero-order valence-electron chi connectivity index (χ0n) is 41.7. The average molecular weight is 919 g/mol. The molecule has 0 saturated heterocycles. The van der Waals surface area contributed by atoms with Crippen LogP contribution >= 0.6 is 0 Å². The van der Waals surface area contributed by atoms with E-state index in [0.717, 1.165) is 36.3 Å². The number of anilines is 4. The van der Waals surface area contributed by atoms with Crippen LogP contribution in [0.25, 0.3) is 66.1 Å². The van der Waals surface area contributed by atoms with Gasteiger partial charge in [0.05, 0.1) is 6.04 Å². The van der Waals surface area contributed by atoms with Gasteiger partial charge in [-0.05, 0) is 162 Å². The molecule has 71 heavy (non-hydrogen) atoms. The molecule has 1 atom stereocenters. The third-order valence-electron chi connectivity index (χ3n) is 14.6. The maximum Gasteiger partial charge on any atom is 0.0556 e. The molecular formula is C69H62N2. The Morgan fingerprint density at radius 3 is 1.44 bits per heavy atom. The summed E-state index contributed by atoms with van der Waals surface area (Å²) in [5, 5.41) is 4.90. The predicted molar refractivity (Wildman–Crippen MR) is 306 cm³/mol. The molecule has 1 unspecified atom stereocenters. The van der Waals surface area contributed by atoms with Crippen LogP contribution in [0.1, 0.15) is 70.9 Å². The van der Waals surface area contributed by atoms with E-state index in [-0.39, 0.29) is 11.5 Å². The fourth-order valence-corrected chi connectivity index (χ4v) is 10.7. The molecule has 2 nitrogen and oxygen atoms in total. The Morgan fingerprint density at radius 2 is 0.944 bits per heavy atom. The van der Waals surface area contributed by atoms with Crippen LogP contribution in [0.2, 0.25) is 0 Å². The Bertz CT molecular complexity index is 3460.